The van der Waals surface area contributed by atoms with E-state index in [4.69, 9.17) is 0 Å². The highest BCUT2D eigenvalue weighted by molar-refractivity contribution is 6.08. The summed E-state index contributed by atoms with van der Waals surface area (Å²) >= 11 is 0. The fourth-order valence-corrected chi connectivity index (χ4v) is 11.3. The molecule has 0 spiro atoms. The number of rotatable bonds is 4. The highest BCUT2D eigenvalue weighted by Crippen LogP contribution is 2.74. The standard InChI is InChI=1S/C46H44N2/c1-29-35-37(45(5)41(33-25-17-11-18-26-33)39(43(35,3)47(45)7)31-21-13-9-14-22-31)30(2)38-36(29)44(4)40(32-23-15-10-16-24-32)42(46(38,6)48(44)8)34-27-19-12-20-28-34/h9-28H,1-8H3. The Balaban J connectivity index is 1.42. The smallest absolute Gasteiger partial charge is 0.0709 e. The van der Waals surface area contributed by atoms with Gasteiger partial charge in [0.05, 0.1) is 22.2 Å². The predicted molar refractivity (Wildman–Crippen MR) is 200 cm³/mol. The van der Waals surface area contributed by atoms with Gasteiger partial charge in [-0.05, 0) is 134 Å². The third-order valence-corrected chi connectivity index (χ3v) is 13.3. The van der Waals surface area contributed by atoms with Crippen molar-refractivity contribution in [2.75, 3.05) is 14.1 Å². The van der Waals surface area contributed by atoms with Crippen molar-refractivity contribution in [3.8, 4) is 0 Å². The van der Waals surface area contributed by atoms with Crippen LogP contribution in [0.2, 0.25) is 0 Å². The van der Waals surface area contributed by atoms with Gasteiger partial charge in [-0.3, -0.25) is 9.80 Å². The van der Waals surface area contributed by atoms with Gasteiger partial charge in [-0.1, -0.05) is 121 Å². The molecule has 0 aliphatic carbocycles. The van der Waals surface area contributed by atoms with Gasteiger partial charge in [-0.25, -0.2) is 0 Å². The zero-order valence-electron chi connectivity index (χ0n) is 29.4. The van der Waals surface area contributed by atoms with Crippen molar-refractivity contribution in [3.63, 3.8) is 0 Å². The second kappa shape index (κ2) is 9.56. The molecular weight excluding hydrogens is 581 g/mol. The van der Waals surface area contributed by atoms with Crippen molar-refractivity contribution < 1.29 is 0 Å². The van der Waals surface area contributed by atoms with Crippen molar-refractivity contribution in [3.05, 3.63) is 177 Å². The highest BCUT2D eigenvalue weighted by Gasteiger charge is 2.69. The molecular formula is C46H44N2. The van der Waals surface area contributed by atoms with E-state index in [2.05, 4.69) is 187 Å². The first-order chi connectivity index (χ1) is 23.0. The zero-order valence-corrected chi connectivity index (χ0v) is 29.4. The summed E-state index contributed by atoms with van der Waals surface area (Å²) in [6.45, 7) is 14.9. The molecule has 238 valence electrons. The van der Waals surface area contributed by atoms with E-state index in [9.17, 15) is 0 Å². The zero-order chi connectivity index (χ0) is 33.4. The molecule has 48 heavy (non-hydrogen) atoms. The van der Waals surface area contributed by atoms with Gasteiger partial charge in [0.2, 0.25) is 0 Å². The highest BCUT2D eigenvalue weighted by atomic mass is 15.3. The van der Waals surface area contributed by atoms with Gasteiger partial charge in [0.25, 0.3) is 0 Å². The van der Waals surface area contributed by atoms with Gasteiger partial charge in [0.15, 0.2) is 0 Å². The molecule has 0 fully saturated rings. The minimum atomic E-state index is -0.308. The Morgan fingerprint density at radius 3 is 0.708 bits per heavy atom. The van der Waals surface area contributed by atoms with Crippen LogP contribution in [0.15, 0.2) is 121 Å². The number of nitrogens with zero attached hydrogens (tertiary/aromatic N) is 2. The van der Waals surface area contributed by atoms with E-state index in [0.29, 0.717) is 0 Å². The molecule has 0 saturated heterocycles. The lowest BCUT2D eigenvalue weighted by molar-refractivity contribution is 0.143. The molecule has 0 radical (unpaired) electrons. The van der Waals surface area contributed by atoms with Gasteiger partial charge < -0.3 is 0 Å². The van der Waals surface area contributed by atoms with E-state index in [0.717, 1.165) is 0 Å². The van der Waals surface area contributed by atoms with E-state index in [-0.39, 0.29) is 22.2 Å². The van der Waals surface area contributed by atoms with E-state index >= 15 is 0 Å². The lowest BCUT2D eigenvalue weighted by atomic mass is 9.61. The predicted octanol–water partition coefficient (Wildman–Crippen LogP) is 10.3. The Morgan fingerprint density at radius 2 is 0.521 bits per heavy atom. The Labute approximate surface area is 286 Å². The van der Waals surface area contributed by atoms with Crippen LogP contribution in [0.25, 0.3) is 22.3 Å². The van der Waals surface area contributed by atoms with Crippen LogP contribution in [0, 0.1) is 13.8 Å². The molecule has 4 aliphatic heterocycles. The number of hydrogen-bond donors (Lipinski definition) is 0. The monoisotopic (exact) mass is 624 g/mol. The summed E-state index contributed by atoms with van der Waals surface area (Å²) in [6.07, 6.45) is 0. The molecule has 4 atom stereocenters. The first kappa shape index (κ1) is 29.6. The lowest BCUT2D eigenvalue weighted by Crippen LogP contribution is -2.41. The van der Waals surface area contributed by atoms with Crippen LogP contribution in [0.1, 0.15) is 83.3 Å². The second-order valence-corrected chi connectivity index (χ2v) is 15.1. The molecule has 5 aromatic carbocycles. The van der Waals surface area contributed by atoms with Gasteiger partial charge in [0, 0.05) is 0 Å². The van der Waals surface area contributed by atoms with Crippen molar-refractivity contribution >= 4 is 22.3 Å². The Kier molecular flexibility index (Phi) is 5.90. The SMILES string of the molecule is Cc1c2c(c(C)c3c1C1(C)C(c4ccccc4)=C(c4ccccc4)C3(C)N1C)C1(C)C(c3ccccc3)=C(c3ccccc3)C2(C)N1C. The molecule has 4 heterocycles. The summed E-state index contributed by atoms with van der Waals surface area (Å²) in [7, 11) is 4.74. The normalized spacial score (nSPS) is 28.8. The summed E-state index contributed by atoms with van der Waals surface area (Å²) in [5.74, 6) is 0. The van der Waals surface area contributed by atoms with Crippen LogP contribution in [0.4, 0.5) is 0 Å². The fourth-order valence-electron chi connectivity index (χ4n) is 11.3. The average molecular weight is 625 g/mol. The molecule has 0 aromatic heterocycles. The number of fused-ring (bicyclic) bond motifs is 10. The van der Waals surface area contributed by atoms with Crippen molar-refractivity contribution in [2.45, 2.75) is 63.7 Å². The lowest BCUT2D eigenvalue weighted by Gasteiger charge is -2.40. The van der Waals surface area contributed by atoms with Crippen LogP contribution >= 0.6 is 0 Å². The van der Waals surface area contributed by atoms with Crippen molar-refractivity contribution in [2.24, 2.45) is 0 Å². The van der Waals surface area contributed by atoms with Crippen molar-refractivity contribution in [1.82, 2.24) is 9.80 Å². The molecule has 0 saturated carbocycles. The number of likely N-dealkylation sites (N-methyl/N-ethyl adjacent to an activating group) is 2. The van der Waals surface area contributed by atoms with E-state index in [1.165, 1.54) is 77.9 Å². The summed E-state index contributed by atoms with van der Waals surface area (Å²) in [5, 5.41) is 0. The van der Waals surface area contributed by atoms with Crippen LogP contribution in [0.3, 0.4) is 0 Å². The molecule has 2 heteroatoms. The first-order valence-corrected chi connectivity index (χ1v) is 17.4. The maximum Gasteiger partial charge on any atom is 0.0709 e. The Bertz CT molecular complexity index is 1900. The molecule has 9 rings (SSSR count). The minimum Gasteiger partial charge on any atom is -0.279 e. The Morgan fingerprint density at radius 1 is 0.333 bits per heavy atom. The number of benzene rings is 5. The quantitative estimate of drug-likeness (QED) is 0.196. The van der Waals surface area contributed by atoms with Gasteiger partial charge >= 0.3 is 0 Å². The van der Waals surface area contributed by atoms with E-state index in [1.54, 1.807) is 0 Å². The molecule has 0 N–H and O–H groups in total. The minimum absolute atomic E-state index is 0.308. The van der Waals surface area contributed by atoms with Gasteiger partial charge in [-0.15, -0.1) is 0 Å². The maximum absolute atomic E-state index is 2.70. The third-order valence-electron chi connectivity index (χ3n) is 13.3. The van der Waals surface area contributed by atoms with Gasteiger partial charge in [-0.2, -0.15) is 0 Å². The molecule has 4 bridgehead atoms. The fraction of sp³-hybridized carbons (Fsp3) is 0.261. The van der Waals surface area contributed by atoms with E-state index in [1.807, 2.05) is 0 Å². The van der Waals surface area contributed by atoms with E-state index < -0.39 is 0 Å². The van der Waals surface area contributed by atoms with Gasteiger partial charge in [0.1, 0.15) is 0 Å². The summed E-state index contributed by atoms with van der Waals surface area (Å²) < 4.78 is 0. The second-order valence-electron chi connectivity index (χ2n) is 15.1. The summed E-state index contributed by atoms with van der Waals surface area (Å²) in [5.41, 5.74) is 18.7. The summed E-state index contributed by atoms with van der Waals surface area (Å²) in [6, 6.07) is 44.7. The largest absolute Gasteiger partial charge is 0.279 e. The summed E-state index contributed by atoms with van der Waals surface area (Å²) in [4.78, 5) is 5.40. The van der Waals surface area contributed by atoms with Crippen LogP contribution in [0.5, 0.6) is 0 Å². The molecule has 5 aromatic rings. The molecule has 2 nitrogen and oxygen atoms in total. The van der Waals surface area contributed by atoms with Crippen molar-refractivity contribution in [1.29, 1.82) is 0 Å². The van der Waals surface area contributed by atoms with Crippen LogP contribution in [-0.4, -0.2) is 23.9 Å². The first-order valence-electron chi connectivity index (χ1n) is 17.4. The molecule has 0 amide bonds. The molecule has 4 aliphatic rings. The average Bonchev–Trinajstić information content (AvgIpc) is 3.58. The van der Waals surface area contributed by atoms with Crippen LogP contribution in [-0.2, 0) is 22.2 Å². The van der Waals surface area contributed by atoms with Crippen LogP contribution < -0.4 is 0 Å². The topological polar surface area (TPSA) is 6.48 Å². The Hall–Kier alpha value is -4.50. The maximum atomic E-state index is 2.70. The molecule has 4 unspecified atom stereocenters. The number of hydrogen-bond acceptors (Lipinski definition) is 2. The third kappa shape index (κ3) is 3.13.